The fraction of sp³-hybridized carbons (Fsp3) is 1.00. The third kappa shape index (κ3) is 2.71. The van der Waals surface area contributed by atoms with Crippen molar-refractivity contribution >= 4 is 0 Å². The molecule has 0 aromatic carbocycles. The van der Waals surface area contributed by atoms with E-state index < -0.39 is 0 Å². The molecule has 0 radical (unpaired) electrons. The Morgan fingerprint density at radius 1 is 1.14 bits per heavy atom. The van der Waals surface area contributed by atoms with Gasteiger partial charge < -0.3 is 4.90 Å². The quantitative estimate of drug-likeness (QED) is 0.636. The van der Waals surface area contributed by atoms with Gasteiger partial charge in [-0.05, 0) is 26.3 Å². The van der Waals surface area contributed by atoms with Crippen LogP contribution in [-0.4, -0.2) is 48.6 Å². The van der Waals surface area contributed by atoms with E-state index in [0.29, 0.717) is 17.5 Å². The van der Waals surface area contributed by atoms with Gasteiger partial charge in [0.1, 0.15) is 0 Å². The van der Waals surface area contributed by atoms with E-state index in [9.17, 15) is 0 Å². The average Bonchev–Trinajstić information content (AvgIpc) is 2.01. The Labute approximate surface area is 89.3 Å². The summed E-state index contributed by atoms with van der Waals surface area (Å²) in [6, 6.07) is 1.37. The van der Waals surface area contributed by atoms with Crippen molar-refractivity contribution in [3.8, 4) is 0 Å². The van der Waals surface area contributed by atoms with Crippen LogP contribution in [0.1, 0.15) is 34.6 Å². The molecule has 1 rings (SSSR count). The van der Waals surface area contributed by atoms with Crippen LogP contribution in [0.3, 0.4) is 0 Å². The molecule has 0 aliphatic carbocycles. The summed E-state index contributed by atoms with van der Waals surface area (Å²) in [4.78, 5) is 5.11. The minimum atomic E-state index is 0.388. The number of hydrogen-bond acceptors (Lipinski definition) is 2. The SMILES string of the molecule is CC(C)N1CCN(C)C[C@H]1C(C)(C)C. The molecule has 0 amide bonds. The molecule has 0 aromatic rings. The molecule has 1 saturated heterocycles. The molecule has 0 N–H and O–H groups in total. The molecule has 1 aliphatic heterocycles. The third-order valence-electron chi connectivity index (χ3n) is 3.29. The molecule has 14 heavy (non-hydrogen) atoms. The minimum absolute atomic E-state index is 0.388. The van der Waals surface area contributed by atoms with E-state index >= 15 is 0 Å². The monoisotopic (exact) mass is 198 g/mol. The fourth-order valence-electron chi connectivity index (χ4n) is 2.32. The summed E-state index contributed by atoms with van der Waals surface area (Å²) in [5.74, 6) is 0. The van der Waals surface area contributed by atoms with Crippen molar-refractivity contribution in [2.45, 2.75) is 46.7 Å². The van der Waals surface area contributed by atoms with Crippen LogP contribution in [0.5, 0.6) is 0 Å². The van der Waals surface area contributed by atoms with Gasteiger partial charge in [0.2, 0.25) is 0 Å². The standard InChI is InChI=1S/C12H26N2/c1-10(2)14-8-7-13(6)9-11(14)12(3,4)5/h10-11H,7-9H2,1-6H3/t11-/m0/s1. The molecule has 0 saturated carbocycles. The highest BCUT2D eigenvalue weighted by Crippen LogP contribution is 2.28. The summed E-state index contributed by atoms with van der Waals surface area (Å²) >= 11 is 0. The molecule has 0 unspecified atom stereocenters. The Morgan fingerprint density at radius 2 is 1.71 bits per heavy atom. The summed E-state index contributed by atoms with van der Waals surface area (Å²) < 4.78 is 0. The van der Waals surface area contributed by atoms with Crippen molar-refractivity contribution in [1.29, 1.82) is 0 Å². The molecule has 2 nitrogen and oxygen atoms in total. The lowest BCUT2D eigenvalue weighted by Gasteiger charge is -2.48. The van der Waals surface area contributed by atoms with E-state index in [1.54, 1.807) is 0 Å². The molecule has 84 valence electrons. The third-order valence-corrected chi connectivity index (χ3v) is 3.29. The zero-order valence-electron chi connectivity index (χ0n) is 10.7. The van der Waals surface area contributed by atoms with Gasteiger partial charge in [-0.3, -0.25) is 4.90 Å². The first-order chi connectivity index (χ1) is 6.32. The molecule has 2 heteroatoms. The molecule has 1 aliphatic rings. The van der Waals surface area contributed by atoms with E-state index in [0.717, 1.165) is 0 Å². The second-order valence-corrected chi connectivity index (χ2v) is 5.98. The summed E-state index contributed by atoms with van der Waals surface area (Å²) in [6.07, 6.45) is 0. The predicted octanol–water partition coefficient (Wildman–Crippen LogP) is 2.06. The lowest BCUT2D eigenvalue weighted by atomic mass is 9.83. The van der Waals surface area contributed by atoms with Gasteiger partial charge in [-0.25, -0.2) is 0 Å². The largest absolute Gasteiger partial charge is 0.304 e. The average molecular weight is 198 g/mol. The zero-order valence-corrected chi connectivity index (χ0v) is 10.7. The Balaban J connectivity index is 2.74. The molecule has 1 atom stereocenters. The molecular weight excluding hydrogens is 172 g/mol. The lowest BCUT2D eigenvalue weighted by Crippen LogP contribution is -2.58. The smallest absolute Gasteiger partial charge is 0.0274 e. The van der Waals surface area contributed by atoms with Crippen molar-refractivity contribution in [3.63, 3.8) is 0 Å². The Morgan fingerprint density at radius 3 is 2.14 bits per heavy atom. The predicted molar refractivity (Wildman–Crippen MR) is 62.6 cm³/mol. The van der Waals surface area contributed by atoms with Gasteiger partial charge in [-0.2, -0.15) is 0 Å². The van der Waals surface area contributed by atoms with Crippen LogP contribution in [0.25, 0.3) is 0 Å². The number of nitrogens with zero attached hydrogens (tertiary/aromatic N) is 2. The van der Waals surface area contributed by atoms with E-state index in [1.165, 1.54) is 19.6 Å². The van der Waals surface area contributed by atoms with Gasteiger partial charge in [-0.1, -0.05) is 20.8 Å². The van der Waals surface area contributed by atoms with Crippen molar-refractivity contribution in [1.82, 2.24) is 9.80 Å². The lowest BCUT2D eigenvalue weighted by molar-refractivity contribution is 0.00598. The molecule has 1 fully saturated rings. The van der Waals surface area contributed by atoms with Gasteiger partial charge >= 0.3 is 0 Å². The summed E-state index contributed by atoms with van der Waals surface area (Å²) in [7, 11) is 2.23. The Bertz CT molecular complexity index is 181. The van der Waals surface area contributed by atoms with E-state index in [1.807, 2.05) is 0 Å². The first kappa shape index (κ1) is 12.0. The Hall–Kier alpha value is -0.0800. The van der Waals surface area contributed by atoms with Gasteiger partial charge in [-0.15, -0.1) is 0 Å². The maximum atomic E-state index is 2.65. The number of hydrogen-bond donors (Lipinski definition) is 0. The zero-order chi connectivity index (χ0) is 10.9. The number of rotatable bonds is 1. The summed E-state index contributed by atoms with van der Waals surface area (Å²) in [5, 5.41) is 0. The van der Waals surface area contributed by atoms with Gasteiger partial charge in [0.05, 0.1) is 0 Å². The molecule has 1 heterocycles. The molecule has 0 bridgehead atoms. The van der Waals surface area contributed by atoms with Crippen LogP contribution in [-0.2, 0) is 0 Å². The maximum Gasteiger partial charge on any atom is 0.0274 e. The van der Waals surface area contributed by atoms with Crippen LogP contribution in [0.15, 0.2) is 0 Å². The molecule has 0 aromatic heterocycles. The molecule has 0 spiro atoms. The van der Waals surface area contributed by atoms with E-state index in [2.05, 4.69) is 51.5 Å². The van der Waals surface area contributed by atoms with E-state index in [-0.39, 0.29) is 0 Å². The highest BCUT2D eigenvalue weighted by molar-refractivity contribution is 4.90. The first-order valence-electron chi connectivity index (χ1n) is 5.76. The van der Waals surface area contributed by atoms with Crippen LogP contribution in [0.4, 0.5) is 0 Å². The fourth-order valence-corrected chi connectivity index (χ4v) is 2.32. The number of piperazine rings is 1. The van der Waals surface area contributed by atoms with Crippen LogP contribution in [0, 0.1) is 5.41 Å². The summed E-state index contributed by atoms with van der Waals surface area (Å²) in [5.41, 5.74) is 0.388. The minimum Gasteiger partial charge on any atom is -0.304 e. The van der Waals surface area contributed by atoms with Crippen LogP contribution < -0.4 is 0 Å². The van der Waals surface area contributed by atoms with Gasteiger partial charge in [0.15, 0.2) is 0 Å². The van der Waals surface area contributed by atoms with Crippen LogP contribution >= 0.6 is 0 Å². The van der Waals surface area contributed by atoms with Crippen molar-refractivity contribution in [2.24, 2.45) is 5.41 Å². The van der Waals surface area contributed by atoms with Crippen molar-refractivity contribution < 1.29 is 0 Å². The summed E-state index contributed by atoms with van der Waals surface area (Å²) in [6.45, 7) is 15.3. The first-order valence-corrected chi connectivity index (χ1v) is 5.76. The van der Waals surface area contributed by atoms with Crippen molar-refractivity contribution in [3.05, 3.63) is 0 Å². The highest BCUT2D eigenvalue weighted by Gasteiger charge is 2.35. The molecular formula is C12H26N2. The van der Waals surface area contributed by atoms with Gasteiger partial charge in [0.25, 0.3) is 0 Å². The normalized spacial score (nSPS) is 27.2. The maximum absolute atomic E-state index is 2.65. The number of likely N-dealkylation sites (N-methyl/N-ethyl adjacent to an activating group) is 1. The van der Waals surface area contributed by atoms with Crippen molar-refractivity contribution in [2.75, 3.05) is 26.7 Å². The second kappa shape index (κ2) is 4.19. The highest BCUT2D eigenvalue weighted by atomic mass is 15.3. The Kier molecular flexibility index (Phi) is 3.59. The van der Waals surface area contributed by atoms with E-state index in [4.69, 9.17) is 0 Å². The van der Waals surface area contributed by atoms with Gasteiger partial charge in [0, 0.05) is 31.7 Å². The van der Waals surface area contributed by atoms with Crippen LogP contribution in [0.2, 0.25) is 0 Å². The topological polar surface area (TPSA) is 6.48 Å². The second-order valence-electron chi connectivity index (χ2n) is 5.98.